The molecule has 1 heterocycles. The molecule has 1 N–H and O–H groups in total. The van der Waals surface area contributed by atoms with E-state index in [4.69, 9.17) is 23.2 Å². The average Bonchev–Trinajstić information content (AvgIpc) is 2.83. The largest absolute Gasteiger partial charge is 0.377 e. The van der Waals surface area contributed by atoms with Crippen LogP contribution >= 0.6 is 57.1 Å². The predicted molar refractivity (Wildman–Crippen MR) is 88.2 cm³/mol. The molecular weight excluding hydrogens is 400 g/mol. The Morgan fingerprint density at radius 1 is 1.28 bits per heavy atom. The molecule has 0 radical (unpaired) electrons. The summed E-state index contributed by atoms with van der Waals surface area (Å²) in [7, 11) is 0. The second-order valence-corrected chi connectivity index (χ2v) is 7.71. The summed E-state index contributed by atoms with van der Waals surface area (Å²) in [5, 5.41) is 4.29. The van der Waals surface area contributed by atoms with Gasteiger partial charge in [-0.2, -0.15) is 0 Å². The fourth-order valence-electron chi connectivity index (χ4n) is 2.27. The standard InChI is InChI=1S/C13H10Cl2INS/c14-9-5-7(16)1-2-11(9)17-10-3-4-12-8(10)6-13(15)18-12/h1-2,5-6,10,17H,3-4H2. The molecule has 0 spiro atoms. The minimum Gasteiger partial charge on any atom is -0.377 e. The van der Waals surface area contributed by atoms with Crippen LogP contribution in [0.5, 0.6) is 0 Å². The summed E-state index contributed by atoms with van der Waals surface area (Å²) < 4.78 is 2.02. The fraction of sp³-hybridized carbons (Fsp3) is 0.231. The Hall–Kier alpha value is 0.0300. The van der Waals surface area contributed by atoms with Crippen molar-refractivity contribution in [3.63, 3.8) is 0 Å². The van der Waals surface area contributed by atoms with Crippen LogP contribution in [-0.2, 0) is 6.42 Å². The van der Waals surface area contributed by atoms with Gasteiger partial charge in [0.25, 0.3) is 0 Å². The summed E-state index contributed by atoms with van der Waals surface area (Å²) in [5.74, 6) is 0. The number of benzene rings is 1. The van der Waals surface area contributed by atoms with Crippen molar-refractivity contribution in [3.8, 4) is 0 Å². The second kappa shape index (κ2) is 5.19. The topological polar surface area (TPSA) is 12.0 Å². The van der Waals surface area contributed by atoms with E-state index in [1.54, 1.807) is 11.3 Å². The summed E-state index contributed by atoms with van der Waals surface area (Å²) in [6.45, 7) is 0. The van der Waals surface area contributed by atoms with Crippen LogP contribution in [0.2, 0.25) is 9.36 Å². The van der Waals surface area contributed by atoms with E-state index in [-0.39, 0.29) is 0 Å². The lowest BCUT2D eigenvalue weighted by molar-refractivity contribution is 0.762. The smallest absolute Gasteiger partial charge is 0.0934 e. The summed E-state index contributed by atoms with van der Waals surface area (Å²) in [6, 6.07) is 8.48. The third-order valence-electron chi connectivity index (χ3n) is 3.11. The summed E-state index contributed by atoms with van der Waals surface area (Å²) >= 11 is 16.3. The van der Waals surface area contributed by atoms with Gasteiger partial charge in [-0.05, 0) is 65.3 Å². The first-order chi connectivity index (χ1) is 8.63. The number of nitrogens with one attached hydrogen (secondary N) is 1. The highest BCUT2D eigenvalue weighted by atomic mass is 127. The molecule has 0 aliphatic heterocycles. The molecule has 1 aliphatic carbocycles. The molecule has 0 amide bonds. The van der Waals surface area contributed by atoms with E-state index in [9.17, 15) is 0 Å². The Balaban J connectivity index is 1.85. The molecule has 0 saturated heterocycles. The zero-order valence-electron chi connectivity index (χ0n) is 9.34. The van der Waals surface area contributed by atoms with Gasteiger partial charge in [0.1, 0.15) is 0 Å². The molecule has 1 nitrogen and oxygen atoms in total. The Kier molecular flexibility index (Phi) is 3.76. The first-order valence-corrected chi connectivity index (χ1v) is 8.28. The lowest BCUT2D eigenvalue weighted by Gasteiger charge is -2.15. The van der Waals surface area contributed by atoms with Crippen LogP contribution in [-0.4, -0.2) is 0 Å². The quantitative estimate of drug-likeness (QED) is 0.621. The maximum absolute atomic E-state index is 6.25. The first-order valence-electron chi connectivity index (χ1n) is 5.63. The molecule has 3 rings (SSSR count). The van der Waals surface area contributed by atoms with E-state index in [1.165, 1.54) is 10.4 Å². The molecule has 0 saturated carbocycles. The number of thiophene rings is 1. The number of halogens is 3. The first kappa shape index (κ1) is 13.0. The van der Waals surface area contributed by atoms with Gasteiger partial charge in [0.15, 0.2) is 0 Å². The molecule has 0 fully saturated rings. The van der Waals surface area contributed by atoms with Crippen molar-refractivity contribution < 1.29 is 0 Å². The van der Waals surface area contributed by atoms with Crippen LogP contribution in [0.3, 0.4) is 0 Å². The van der Waals surface area contributed by atoms with E-state index >= 15 is 0 Å². The van der Waals surface area contributed by atoms with Crippen molar-refractivity contribution in [3.05, 3.63) is 47.6 Å². The normalized spacial score (nSPS) is 17.8. The van der Waals surface area contributed by atoms with Gasteiger partial charge in [-0.3, -0.25) is 0 Å². The number of aryl methyl sites for hydroxylation is 1. The van der Waals surface area contributed by atoms with Crippen LogP contribution in [0.1, 0.15) is 22.9 Å². The summed E-state index contributed by atoms with van der Waals surface area (Å²) in [5.41, 5.74) is 2.33. The fourth-order valence-corrected chi connectivity index (χ4v) is 4.54. The van der Waals surface area contributed by atoms with Crippen molar-refractivity contribution in [1.82, 2.24) is 0 Å². The van der Waals surface area contributed by atoms with Gasteiger partial charge in [0.2, 0.25) is 0 Å². The SMILES string of the molecule is Clc1cc2c(s1)CCC2Nc1ccc(I)cc1Cl. The van der Waals surface area contributed by atoms with Gasteiger partial charge >= 0.3 is 0 Å². The van der Waals surface area contributed by atoms with Gasteiger partial charge in [0, 0.05) is 8.45 Å². The van der Waals surface area contributed by atoms with Gasteiger partial charge in [-0.25, -0.2) is 0 Å². The maximum atomic E-state index is 6.25. The Morgan fingerprint density at radius 2 is 2.11 bits per heavy atom. The van der Waals surface area contributed by atoms with Crippen molar-refractivity contribution in [2.24, 2.45) is 0 Å². The Bertz CT molecular complexity index is 597. The lowest BCUT2D eigenvalue weighted by atomic mass is 10.1. The van der Waals surface area contributed by atoms with Crippen molar-refractivity contribution in [2.75, 3.05) is 5.32 Å². The predicted octanol–water partition coefficient (Wildman–Crippen LogP) is 5.76. The van der Waals surface area contributed by atoms with Crippen molar-refractivity contribution in [2.45, 2.75) is 18.9 Å². The Morgan fingerprint density at radius 3 is 2.89 bits per heavy atom. The summed E-state index contributed by atoms with van der Waals surface area (Å²) in [4.78, 5) is 1.40. The van der Waals surface area contributed by atoms with Gasteiger partial charge in [-0.15, -0.1) is 11.3 Å². The molecule has 1 atom stereocenters. The van der Waals surface area contributed by atoms with Crippen molar-refractivity contribution in [1.29, 1.82) is 0 Å². The van der Waals surface area contributed by atoms with Crippen LogP contribution < -0.4 is 5.32 Å². The third kappa shape index (κ3) is 2.50. The zero-order chi connectivity index (χ0) is 12.7. The van der Waals surface area contributed by atoms with E-state index < -0.39 is 0 Å². The molecule has 94 valence electrons. The highest BCUT2D eigenvalue weighted by Gasteiger charge is 2.25. The van der Waals surface area contributed by atoms with E-state index in [1.807, 2.05) is 12.1 Å². The van der Waals surface area contributed by atoms with Crippen LogP contribution in [0.4, 0.5) is 5.69 Å². The molecule has 5 heteroatoms. The minimum atomic E-state index is 0.335. The van der Waals surface area contributed by atoms with E-state index in [2.05, 4.69) is 40.0 Å². The van der Waals surface area contributed by atoms with Crippen LogP contribution in [0.15, 0.2) is 24.3 Å². The molecule has 1 aromatic heterocycles. The molecule has 18 heavy (non-hydrogen) atoms. The van der Waals surface area contributed by atoms with E-state index in [0.717, 1.165) is 31.5 Å². The highest BCUT2D eigenvalue weighted by molar-refractivity contribution is 14.1. The lowest BCUT2D eigenvalue weighted by Crippen LogP contribution is -2.06. The van der Waals surface area contributed by atoms with Gasteiger partial charge < -0.3 is 5.32 Å². The number of fused-ring (bicyclic) bond motifs is 1. The molecule has 2 aromatic rings. The monoisotopic (exact) mass is 409 g/mol. The molecule has 0 bridgehead atoms. The van der Waals surface area contributed by atoms with E-state index in [0.29, 0.717) is 6.04 Å². The molecule has 1 aromatic carbocycles. The summed E-state index contributed by atoms with van der Waals surface area (Å²) in [6.07, 6.45) is 2.22. The Labute approximate surface area is 134 Å². The highest BCUT2D eigenvalue weighted by Crippen LogP contribution is 2.41. The number of hydrogen-bond donors (Lipinski definition) is 1. The van der Waals surface area contributed by atoms with Gasteiger partial charge in [-0.1, -0.05) is 23.2 Å². The van der Waals surface area contributed by atoms with Crippen molar-refractivity contribution >= 4 is 62.8 Å². The molecule has 1 unspecified atom stereocenters. The number of anilines is 1. The minimum absolute atomic E-state index is 0.335. The zero-order valence-corrected chi connectivity index (χ0v) is 13.8. The molecular formula is C13H10Cl2INS. The number of hydrogen-bond acceptors (Lipinski definition) is 2. The van der Waals surface area contributed by atoms with Crippen LogP contribution in [0, 0.1) is 3.57 Å². The van der Waals surface area contributed by atoms with Crippen LogP contribution in [0.25, 0.3) is 0 Å². The second-order valence-electron chi connectivity index (χ2n) is 4.29. The number of rotatable bonds is 2. The third-order valence-corrected chi connectivity index (χ3v) is 5.43. The molecule has 1 aliphatic rings. The van der Waals surface area contributed by atoms with Gasteiger partial charge in [0.05, 0.1) is 21.1 Å². The maximum Gasteiger partial charge on any atom is 0.0934 e. The average molecular weight is 410 g/mol.